The van der Waals surface area contributed by atoms with Crippen LogP contribution in [0.2, 0.25) is 0 Å². The molecule has 2 N–H and O–H groups in total. The zero-order chi connectivity index (χ0) is 23.6. The van der Waals surface area contributed by atoms with Gasteiger partial charge < -0.3 is 20.3 Å². The molecule has 0 aliphatic carbocycles. The molecule has 2 amide bonds. The third-order valence-corrected chi connectivity index (χ3v) is 7.07. The summed E-state index contributed by atoms with van der Waals surface area (Å²) in [5.74, 6) is 1.60. The van der Waals surface area contributed by atoms with Crippen molar-refractivity contribution in [1.82, 2.24) is 10.2 Å². The van der Waals surface area contributed by atoms with Crippen LogP contribution in [0, 0.1) is 5.92 Å². The van der Waals surface area contributed by atoms with Gasteiger partial charge in [0.2, 0.25) is 0 Å². The highest BCUT2D eigenvalue weighted by Gasteiger charge is 2.19. The topological polar surface area (TPSA) is 70.7 Å². The summed E-state index contributed by atoms with van der Waals surface area (Å²) in [5.41, 5.74) is 2.66. The number of nitrogens with zero attached hydrogens (tertiary/aromatic N) is 1. The lowest BCUT2D eigenvalue weighted by Crippen LogP contribution is -2.36. The molecular formula is C27H33N3O3S. The number of benzene rings is 2. The minimum Gasteiger partial charge on any atom is -0.487 e. The summed E-state index contributed by atoms with van der Waals surface area (Å²) < 4.78 is 5.36. The summed E-state index contributed by atoms with van der Waals surface area (Å²) >= 11 is 1.56. The molecule has 180 valence electrons. The van der Waals surface area contributed by atoms with Crippen LogP contribution in [0.25, 0.3) is 0 Å². The van der Waals surface area contributed by atoms with Crippen molar-refractivity contribution in [2.45, 2.75) is 25.7 Å². The number of anilines is 1. The number of carbonyl (C=O) groups is 2. The fourth-order valence-corrected chi connectivity index (χ4v) is 4.98. The van der Waals surface area contributed by atoms with Crippen molar-refractivity contribution >= 4 is 29.3 Å². The van der Waals surface area contributed by atoms with Gasteiger partial charge in [-0.15, -0.1) is 11.8 Å². The summed E-state index contributed by atoms with van der Waals surface area (Å²) in [6, 6.07) is 17.7. The average Bonchev–Trinajstić information content (AvgIpc) is 2.89. The van der Waals surface area contributed by atoms with E-state index in [1.807, 2.05) is 0 Å². The van der Waals surface area contributed by atoms with Gasteiger partial charge in [-0.25, -0.2) is 0 Å². The normalized spacial score (nSPS) is 16.9. The van der Waals surface area contributed by atoms with Gasteiger partial charge >= 0.3 is 0 Å². The fourth-order valence-electron chi connectivity index (χ4n) is 4.35. The van der Waals surface area contributed by atoms with Crippen LogP contribution in [-0.4, -0.2) is 55.3 Å². The molecule has 4 rings (SSSR count). The van der Waals surface area contributed by atoms with E-state index in [1.165, 1.54) is 24.8 Å². The summed E-state index contributed by atoms with van der Waals surface area (Å²) in [6.07, 6.45) is 4.60. The number of rotatable bonds is 9. The molecule has 2 aromatic rings. The van der Waals surface area contributed by atoms with E-state index in [-0.39, 0.29) is 11.8 Å². The van der Waals surface area contributed by atoms with Gasteiger partial charge in [-0.1, -0.05) is 30.3 Å². The second kappa shape index (κ2) is 12.6. The van der Waals surface area contributed by atoms with Crippen molar-refractivity contribution in [2.24, 2.45) is 5.92 Å². The molecule has 1 fully saturated rings. The lowest BCUT2D eigenvalue weighted by atomic mass is 9.90. The Morgan fingerprint density at radius 3 is 2.47 bits per heavy atom. The number of hydrogen-bond donors (Lipinski definition) is 2. The van der Waals surface area contributed by atoms with Crippen molar-refractivity contribution < 1.29 is 14.3 Å². The zero-order valence-electron chi connectivity index (χ0n) is 19.5. The molecule has 7 heteroatoms. The number of amides is 2. The van der Waals surface area contributed by atoms with E-state index in [0.717, 1.165) is 37.7 Å². The van der Waals surface area contributed by atoms with Crippen LogP contribution in [0.5, 0.6) is 0 Å². The van der Waals surface area contributed by atoms with Crippen LogP contribution in [0.4, 0.5) is 5.69 Å². The van der Waals surface area contributed by atoms with Gasteiger partial charge in [-0.3, -0.25) is 9.59 Å². The van der Waals surface area contributed by atoms with Crippen molar-refractivity contribution in [3.63, 3.8) is 0 Å². The summed E-state index contributed by atoms with van der Waals surface area (Å²) in [6.45, 7) is 4.48. The molecule has 0 unspecified atom stereocenters. The van der Waals surface area contributed by atoms with Gasteiger partial charge in [0, 0.05) is 29.0 Å². The SMILES string of the molecule is O=C(Nc1ccc(C(=O)NCCCN2CCC(Cc3ccccc3)CC2)cc1)C1=CSCCO1. The average molecular weight is 480 g/mol. The largest absolute Gasteiger partial charge is 0.487 e. The first-order valence-corrected chi connectivity index (χ1v) is 13.1. The quantitative estimate of drug-likeness (QED) is 0.525. The standard InChI is InChI=1S/C27H33N3O3S/c31-26(23-7-9-24(10-8-23)29-27(32)25-20-34-18-17-33-25)28-13-4-14-30-15-11-22(12-16-30)19-21-5-2-1-3-6-21/h1-3,5-10,20,22H,4,11-19H2,(H,28,31)(H,29,32). The van der Waals surface area contributed by atoms with Gasteiger partial charge in [-0.05, 0) is 81.1 Å². The first kappa shape index (κ1) is 24.4. The molecule has 1 saturated heterocycles. The minimum atomic E-state index is -0.270. The van der Waals surface area contributed by atoms with Crippen molar-refractivity contribution in [2.75, 3.05) is 43.9 Å². The number of ether oxygens (including phenoxy) is 1. The third-order valence-electron chi connectivity index (χ3n) is 6.29. The molecule has 34 heavy (non-hydrogen) atoms. The number of likely N-dealkylation sites (tertiary alicyclic amines) is 1. The number of carbonyl (C=O) groups excluding carboxylic acids is 2. The predicted octanol–water partition coefficient (Wildman–Crippen LogP) is 4.30. The van der Waals surface area contributed by atoms with E-state index in [0.29, 0.717) is 30.2 Å². The maximum absolute atomic E-state index is 12.4. The highest BCUT2D eigenvalue weighted by Crippen LogP contribution is 2.22. The number of hydrogen-bond acceptors (Lipinski definition) is 5. The van der Waals surface area contributed by atoms with Crippen molar-refractivity contribution in [3.05, 3.63) is 76.9 Å². The Hall–Kier alpha value is -2.77. The number of piperidine rings is 1. The zero-order valence-corrected chi connectivity index (χ0v) is 20.3. The lowest BCUT2D eigenvalue weighted by Gasteiger charge is -2.32. The molecule has 2 aromatic carbocycles. The van der Waals surface area contributed by atoms with Crippen LogP contribution in [-0.2, 0) is 16.0 Å². The van der Waals surface area contributed by atoms with Crippen LogP contribution in [0.1, 0.15) is 35.2 Å². The van der Waals surface area contributed by atoms with Gasteiger partial charge in [0.1, 0.15) is 0 Å². The predicted molar refractivity (Wildman–Crippen MR) is 138 cm³/mol. The molecule has 0 atom stereocenters. The first-order chi connectivity index (χ1) is 16.7. The summed E-state index contributed by atoms with van der Waals surface area (Å²) in [4.78, 5) is 27.1. The molecule has 6 nitrogen and oxygen atoms in total. The van der Waals surface area contributed by atoms with Crippen LogP contribution < -0.4 is 10.6 Å². The highest BCUT2D eigenvalue weighted by atomic mass is 32.2. The molecule has 0 bridgehead atoms. The Morgan fingerprint density at radius 2 is 1.76 bits per heavy atom. The van der Waals surface area contributed by atoms with E-state index in [2.05, 4.69) is 45.9 Å². The first-order valence-electron chi connectivity index (χ1n) is 12.1. The summed E-state index contributed by atoms with van der Waals surface area (Å²) in [7, 11) is 0. The molecule has 2 aliphatic heterocycles. The Balaban J connectivity index is 1.11. The van der Waals surface area contributed by atoms with Crippen LogP contribution in [0.15, 0.2) is 65.8 Å². The Kier molecular flexibility index (Phi) is 9.04. The second-order valence-corrected chi connectivity index (χ2v) is 9.79. The summed E-state index contributed by atoms with van der Waals surface area (Å²) in [5, 5.41) is 7.54. The van der Waals surface area contributed by atoms with Gasteiger partial charge in [0.15, 0.2) is 5.76 Å². The van der Waals surface area contributed by atoms with Gasteiger partial charge in [0.25, 0.3) is 11.8 Å². The molecule has 0 radical (unpaired) electrons. The van der Waals surface area contributed by atoms with Crippen LogP contribution in [0.3, 0.4) is 0 Å². The third kappa shape index (κ3) is 7.37. The molecule has 2 heterocycles. The molecule has 0 spiro atoms. The van der Waals surface area contributed by atoms with E-state index in [4.69, 9.17) is 4.74 Å². The van der Waals surface area contributed by atoms with Gasteiger partial charge in [0.05, 0.1) is 6.61 Å². The maximum Gasteiger partial charge on any atom is 0.291 e. The highest BCUT2D eigenvalue weighted by molar-refractivity contribution is 8.02. The van der Waals surface area contributed by atoms with Crippen LogP contribution >= 0.6 is 11.8 Å². The Bertz CT molecular complexity index is 970. The van der Waals surface area contributed by atoms with E-state index < -0.39 is 0 Å². The minimum absolute atomic E-state index is 0.0887. The van der Waals surface area contributed by atoms with E-state index >= 15 is 0 Å². The smallest absolute Gasteiger partial charge is 0.291 e. The lowest BCUT2D eigenvalue weighted by molar-refractivity contribution is -0.116. The van der Waals surface area contributed by atoms with Crippen molar-refractivity contribution in [3.8, 4) is 0 Å². The molecule has 2 aliphatic rings. The number of thioether (sulfide) groups is 1. The van der Waals surface area contributed by atoms with Crippen molar-refractivity contribution in [1.29, 1.82) is 0 Å². The second-order valence-electron chi connectivity index (χ2n) is 8.82. The Labute approximate surface area is 206 Å². The number of nitrogens with one attached hydrogen (secondary N) is 2. The molecule has 0 saturated carbocycles. The maximum atomic E-state index is 12.4. The van der Waals surface area contributed by atoms with Gasteiger partial charge in [-0.2, -0.15) is 0 Å². The Morgan fingerprint density at radius 1 is 1.00 bits per heavy atom. The molecule has 0 aromatic heterocycles. The monoisotopic (exact) mass is 479 g/mol. The fraction of sp³-hybridized carbons (Fsp3) is 0.407. The molecular weight excluding hydrogens is 446 g/mol. The van der Waals surface area contributed by atoms with E-state index in [1.54, 1.807) is 41.4 Å². The van der Waals surface area contributed by atoms with E-state index in [9.17, 15) is 9.59 Å².